The Balaban J connectivity index is 1.44. The van der Waals surface area contributed by atoms with Crippen molar-refractivity contribution in [3.63, 3.8) is 0 Å². The van der Waals surface area contributed by atoms with E-state index in [1.165, 1.54) is 24.2 Å². The highest BCUT2D eigenvalue weighted by molar-refractivity contribution is 5.56. The maximum absolute atomic E-state index is 3.62. The number of benzene rings is 1. The van der Waals surface area contributed by atoms with E-state index in [1.807, 2.05) is 0 Å². The topological polar surface area (TPSA) is 24.1 Å². The SMILES string of the molecule is CC1(C)CC1CNCC1Cc2ccccc2N1. The second kappa shape index (κ2) is 4.02. The predicted octanol–water partition coefficient (Wildman–Crippen LogP) is 2.66. The Labute approximate surface area is 104 Å². The molecule has 1 aromatic carbocycles. The molecule has 1 aliphatic carbocycles. The maximum Gasteiger partial charge on any atom is 0.0427 e. The van der Waals surface area contributed by atoms with Gasteiger partial charge in [-0.2, -0.15) is 0 Å². The number of hydrogen-bond donors (Lipinski definition) is 2. The Morgan fingerprint density at radius 3 is 2.76 bits per heavy atom. The molecule has 2 aliphatic rings. The molecule has 0 saturated heterocycles. The quantitative estimate of drug-likeness (QED) is 0.831. The Bertz CT molecular complexity index is 386. The van der Waals surface area contributed by atoms with Crippen molar-refractivity contribution in [2.75, 3.05) is 18.4 Å². The minimum atomic E-state index is 0.578. The third kappa shape index (κ3) is 2.32. The van der Waals surface area contributed by atoms with Crippen molar-refractivity contribution in [2.45, 2.75) is 32.7 Å². The minimum Gasteiger partial charge on any atom is -0.380 e. The molecule has 2 unspecified atom stereocenters. The smallest absolute Gasteiger partial charge is 0.0427 e. The third-order valence-electron chi connectivity index (χ3n) is 4.34. The van der Waals surface area contributed by atoms with Crippen LogP contribution in [0.2, 0.25) is 0 Å². The van der Waals surface area contributed by atoms with Gasteiger partial charge in [-0.1, -0.05) is 32.0 Å². The molecule has 2 N–H and O–H groups in total. The molecule has 0 spiro atoms. The van der Waals surface area contributed by atoms with E-state index >= 15 is 0 Å². The first kappa shape index (κ1) is 11.1. The van der Waals surface area contributed by atoms with E-state index in [1.54, 1.807) is 0 Å². The van der Waals surface area contributed by atoms with Gasteiger partial charge in [-0.15, -0.1) is 0 Å². The zero-order valence-corrected chi connectivity index (χ0v) is 10.8. The van der Waals surface area contributed by atoms with Gasteiger partial charge in [0, 0.05) is 18.3 Å². The van der Waals surface area contributed by atoms with Crippen LogP contribution in [0.3, 0.4) is 0 Å². The van der Waals surface area contributed by atoms with Crippen LogP contribution in [0.25, 0.3) is 0 Å². The molecule has 1 fully saturated rings. The van der Waals surface area contributed by atoms with Gasteiger partial charge in [0.05, 0.1) is 0 Å². The lowest BCUT2D eigenvalue weighted by atomic mass is 10.1. The Hall–Kier alpha value is -1.02. The standard InChI is InChI=1S/C15H22N2/c1-15(2)8-12(15)9-16-10-13-7-11-5-3-4-6-14(11)17-13/h3-6,12-13,16-17H,7-10H2,1-2H3. The molecule has 1 saturated carbocycles. The van der Waals surface area contributed by atoms with Crippen LogP contribution in [0.15, 0.2) is 24.3 Å². The largest absolute Gasteiger partial charge is 0.380 e. The molecular weight excluding hydrogens is 208 g/mol. The lowest BCUT2D eigenvalue weighted by Gasteiger charge is -2.13. The van der Waals surface area contributed by atoms with Crippen molar-refractivity contribution in [1.29, 1.82) is 0 Å². The Morgan fingerprint density at radius 1 is 1.29 bits per heavy atom. The van der Waals surface area contributed by atoms with E-state index < -0.39 is 0 Å². The molecule has 0 radical (unpaired) electrons. The van der Waals surface area contributed by atoms with Gasteiger partial charge in [-0.05, 0) is 42.3 Å². The van der Waals surface area contributed by atoms with E-state index in [2.05, 4.69) is 48.7 Å². The summed E-state index contributed by atoms with van der Waals surface area (Å²) in [5.74, 6) is 0.895. The summed E-state index contributed by atoms with van der Waals surface area (Å²) >= 11 is 0. The molecule has 92 valence electrons. The number of para-hydroxylation sites is 1. The molecule has 2 nitrogen and oxygen atoms in total. The summed E-state index contributed by atoms with van der Waals surface area (Å²) in [7, 11) is 0. The molecule has 1 heterocycles. The van der Waals surface area contributed by atoms with E-state index in [0.717, 1.165) is 18.9 Å². The van der Waals surface area contributed by atoms with Gasteiger partial charge < -0.3 is 10.6 Å². The van der Waals surface area contributed by atoms with Gasteiger partial charge in [0.2, 0.25) is 0 Å². The number of nitrogens with one attached hydrogen (secondary N) is 2. The van der Waals surface area contributed by atoms with Gasteiger partial charge >= 0.3 is 0 Å². The highest BCUT2D eigenvalue weighted by atomic mass is 15.0. The van der Waals surface area contributed by atoms with Gasteiger partial charge in [0.25, 0.3) is 0 Å². The van der Waals surface area contributed by atoms with Crippen LogP contribution < -0.4 is 10.6 Å². The lowest BCUT2D eigenvalue weighted by molar-refractivity contribution is 0.508. The van der Waals surface area contributed by atoms with Crippen LogP contribution in [0, 0.1) is 11.3 Å². The van der Waals surface area contributed by atoms with Crippen molar-refractivity contribution < 1.29 is 0 Å². The summed E-state index contributed by atoms with van der Waals surface area (Å²) in [6.45, 7) is 6.99. The Morgan fingerprint density at radius 2 is 2.06 bits per heavy atom. The minimum absolute atomic E-state index is 0.578. The van der Waals surface area contributed by atoms with Crippen LogP contribution in [0.4, 0.5) is 5.69 Å². The second-order valence-corrected chi connectivity index (χ2v) is 6.25. The zero-order chi connectivity index (χ0) is 11.9. The number of fused-ring (bicyclic) bond motifs is 1. The molecule has 1 aliphatic heterocycles. The molecular formula is C15H22N2. The summed E-state index contributed by atoms with van der Waals surface area (Å²) in [5, 5.41) is 7.20. The molecule has 17 heavy (non-hydrogen) atoms. The van der Waals surface area contributed by atoms with E-state index in [0.29, 0.717) is 11.5 Å². The number of rotatable bonds is 4. The summed E-state index contributed by atoms with van der Waals surface area (Å²) in [6, 6.07) is 9.22. The lowest BCUT2D eigenvalue weighted by Crippen LogP contribution is -2.32. The molecule has 1 aromatic rings. The Kier molecular flexibility index (Phi) is 2.62. The molecule has 2 heteroatoms. The highest BCUT2D eigenvalue weighted by Crippen LogP contribution is 2.50. The average Bonchev–Trinajstić information content (AvgIpc) is 2.74. The maximum atomic E-state index is 3.62. The summed E-state index contributed by atoms with van der Waals surface area (Å²) < 4.78 is 0. The van der Waals surface area contributed by atoms with Crippen molar-refractivity contribution in [1.82, 2.24) is 5.32 Å². The van der Waals surface area contributed by atoms with Crippen LogP contribution in [0.5, 0.6) is 0 Å². The van der Waals surface area contributed by atoms with Crippen molar-refractivity contribution in [3.05, 3.63) is 29.8 Å². The monoisotopic (exact) mass is 230 g/mol. The molecule has 0 bridgehead atoms. The zero-order valence-electron chi connectivity index (χ0n) is 10.8. The van der Waals surface area contributed by atoms with Crippen molar-refractivity contribution >= 4 is 5.69 Å². The van der Waals surface area contributed by atoms with Crippen LogP contribution in [0.1, 0.15) is 25.8 Å². The van der Waals surface area contributed by atoms with E-state index in [4.69, 9.17) is 0 Å². The van der Waals surface area contributed by atoms with Crippen LogP contribution >= 0.6 is 0 Å². The van der Waals surface area contributed by atoms with Gasteiger partial charge in [0.15, 0.2) is 0 Å². The summed E-state index contributed by atoms with van der Waals surface area (Å²) in [4.78, 5) is 0. The van der Waals surface area contributed by atoms with Crippen molar-refractivity contribution in [2.24, 2.45) is 11.3 Å². The number of hydrogen-bond acceptors (Lipinski definition) is 2. The van der Waals surface area contributed by atoms with Gasteiger partial charge in [-0.25, -0.2) is 0 Å². The van der Waals surface area contributed by atoms with Crippen molar-refractivity contribution in [3.8, 4) is 0 Å². The molecule has 0 aromatic heterocycles. The molecule has 0 amide bonds. The first-order chi connectivity index (χ1) is 8.15. The summed E-state index contributed by atoms with van der Waals surface area (Å²) in [5.41, 5.74) is 3.39. The first-order valence-electron chi connectivity index (χ1n) is 6.70. The van der Waals surface area contributed by atoms with Gasteiger partial charge in [0.1, 0.15) is 0 Å². The third-order valence-corrected chi connectivity index (χ3v) is 4.34. The number of anilines is 1. The second-order valence-electron chi connectivity index (χ2n) is 6.25. The summed E-state index contributed by atoms with van der Waals surface area (Å²) in [6.07, 6.45) is 2.55. The van der Waals surface area contributed by atoms with Crippen LogP contribution in [-0.2, 0) is 6.42 Å². The van der Waals surface area contributed by atoms with Gasteiger partial charge in [-0.3, -0.25) is 0 Å². The average molecular weight is 230 g/mol. The fourth-order valence-electron chi connectivity index (χ4n) is 2.86. The fourth-order valence-corrected chi connectivity index (χ4v) is 2.86. The van der Waals surface area contributed by atoms with E-state index in [-0.39, 0.29) is 0 Å². The fraction of sp³-hybridized carbons (Fsp3) is 0.600. The van der Waals surface area contributed by atoms with Crippen LogP contribution in [-0.4, -0.2) is 19.1 Å². The highest BCUT2D eigenvalue weighted by Gasteiger charge is 2.44. The predicted molar refractivity (Wildman–Crippen MR) is 72.3 cm³/mol. The normalized spacial score (nSPS) is 28.6. The first-order valence-corrected chi connectivity index (χ1v) is 6.70. The van der Waals surface area contributed by atoms with E-state index in [9.17, 15) is 0 Å². The molecule has 2 atom stereocenters. The molecule has 3 rings (SSSR count).